The van der Waals surface area contributed by atoms with Crippen LogP contribution in [0.3, 0.4) is 0 Å². The van der Waals surface area contributed by atoms with Crippen molar-refractivity contribution in [3.8, 4) is 11.6 Å². The number of methoxy groups -OCH3 is 1. The second-order valence-electron chi connectivity index (χ2n) is 4.70. The van der Waals surface area contributed by atoms with Crippen molar-refractivity contribution in [2.24, 2.45) is 10.7 Å². The van der Waals surface area contributed by atoms with E-state index in [2.05, 4.69) is 15.3 Å². The van der Waals surface area contributed by atoms with Gasteiger partial charge < -0.3 is 20.5 Å². The van der Waals surface area contributed by atoms with Crippen LogP contribution >= 0.6 is 0 Å². The Labute approximate surface area is 138 Å². The van der Waals surface area contributed by atoms with E-state index in [1.807, 2.05) is 12.1 Å². The normalized spacial score (nSPS) is 11.4. The van der Waals surface area contributed by atoms with Gasteiger partial charge in [0.25, 0.3) is 6.43 Å². The van der Waals surface area contributed by atoms with Crippen LogP contribution in [0.4, 0.5) is 14.5 Å². The van der Waals surface area contributed by atoms with Crippen LogP contribution in [0.1, 0.15) is 5.56 Å². The van der Waals surface area contributed by atoms with Crippen molar-refractivity contribution in [1.82, 2.24) is 4.98 Å². The molecular weight excluding hydrogens is 318 g/mol. The maximum atomic E-state index is 12.3. The summed E-state index contributed by atoms with van der Waals surface area (Å²) < 4.78 is 34.7. The first-order valence-electron chi connectivity index (χ1n) is 7.15. The minimum absolute atomic E-state index is 0.117. The van der Waals surface area contributed by atoms with Gasteiger partial charge in [-0.05, 0) is 18.2 Å². The molecule has 0 amide bonds. The van der Waals surface area contributed by atoms with Gasteiger partial charge in [0.1, 0.15) is 5.75 Å². The van der Waals surface area contributed by atoms with Crippen molar-refractivity contribution in [1.29, 1.82) is 0 Å². The SMILES string of the molecule is COc1ccccc1NC(N)=NCc1cccnc1OCC(F)F. The predicted molar refractivity (Wildman–Crippen MR) is 87.7 cm³/mol. The zero-order valence-corrected chi connectivity index (χ0v) is 13.1. The Morgan fingerprint density at radius 3 is 2.83 bits per heavy atom. The van der Waals surface area contributed by atoms with Crippen LogP contribution in [0.2, 0.25) is 0 Å². The van der Waals surface area contributed by atoms with E-state index in [1.165, 1.54) is 6.20 Å². The quantitative estimate of drug-likeness (QED) is 0.600. The van der Waals surface area contributed by atoms with Gasteiger partial charge in [-0.25, -0.2) is 18.8 Å². The van der Waals surface area contributed by atoms with Crippen molar-refractivity contribution in [3.63, 3.8) is 0 Å². The number of rotatable bonds is 7. The van der Waals surface area contributed by atoms with E-state index >= 15 is 0 Å². The van der Waals surface area contributed by atoms with Gasteiger partial charge in [0.05, 0.1) is 19.3 Å². The Balaban J connectivity index is 2.04. The fraction of sp³-hybridized carbons (Fsp3) is 0.250. The first-order chi connectivity index (χ1) is 11.6. The third-order valence-corrected chi connectivity index (χ3v) is 2.99. The first-order valence-corrected chi connectivity index (χ1v) is 7.15. The Hall–Kier alpha value is -2.90. The Morgan fingerprint density at radius 2 is 2.08 bits per heavy atom. The molecule has 0 saturated heterocycles. The molecule has 0 unspecified atom stereocenters. The maximum Gasteiger partial charge on any atom is 0.272 e. The Bertz CT molecular complexity index is 695. The molecule has 0 spiro atoms. The van der Waals surface area contributed by atoms with Crippen LogP contribution in [-0.2, 0) is 6.54 Å². The highest BCUT2D eigenvalue weighted by atomic mass is 19.3. The van der Waals surface area contributed by atoms with Gasteiger partial charge in [0, 0.05) is 11.8 Å². The van der Waals surface area contributed by atoms with Gasteiger partial charge >= 0.3 is 0 Å². The summed E-state index contributed by atoms with van der Waals surface area (Å²) in [7, 11) is 1.55. The van der Waals surface area contributed by atoms with Gasteiger partial charge in [-0.2, -0.15) is 0 Å². The summed E-state index contributed by atoms with van der Waals surface area (Å²) in [6, 6.07) is 10.6. The number of hydrogen-bond donors (Lipinski definition) is 2. The molecule has 2 aromatic rings. The molecule has 8 heteroatoms. The number of anilines is 1. The molecule has 24 heavy (non-hydrogen) atoms. The minimum Gasteiger partial charge on any atom is -0.495 e. The molecule has 2 rings (SSSR count). The summed E-state index contributed by atoms with van der Waals surface area (Å²) >= 11 is 0. The van der Waals surface area contributed by atoms with E-state index in [-0.39, 0.29) is 18.4 Å². The highest BCUT2D eigenvalue weighted by Gasteiger charge is 2.09. The summed E-state index contributed by atoms with van der Waals surface area (Å²) in [5.74, 6) is 0.896. The molecule has 0 aliphatic heterocycles. The summed E-state index contributed by atoms with van der Waals surface area (Å²) in [5.41, 5.74) is 7.08. The molecule has 0 fully saturated rings. The lowest BCUT2D eigenvalue weighted by molar-refractivity contribution is 0.0791. The molecule has 6 nitrogen and oxygen atoms in total. The van der Waals surface area contributed by atoms with Crippen LogP contribution in [0.5, 0.6) is 11.6 Å². The van der Waals surface area contributed by atoms with Crippen molar-refractivity contribution in [2.75, 3.05) is 19.0 Å². The molecule has 0 radical (unpaired) electrons. The number of nitrogens with zero attached hydrogens (tertiary/aromatic N) is 2. The zero-order chi connectivity index (χ0) is 17.4. The number of guanidine groups is 1. The standard InChI is InChI=1S/C16H18F2N4O2/c1-23-13-7-3-2-6-12(13)22-16(19)21-9-11-5-4-8-20-15(11)24-10-14(17)18/h2-8,14H,9-10H2,1H3,(H3,19,21,22). The van der Waals surface area contributed by atoms with Gasteiger partial charge in [-0.1, -0.05) is 18.2 Å². The van der Waals surface area contributed by atoms with E-state index < -0.39 is 13.0 Å². The van der Waals surface area contributed by atoms with Crippen LogP contribution < -0.4 is 20.5 Å². The lowest BCUT2D eigenvalue weighted by atomic mass is 10.3. The third kappa shape index (κ3) is 5.08. The molecule has 128 valence electrons. The number of aromatic nitrogens is 1. The minimum atomic E-state index is -2.57. The highest BCUT2D eigenvalue weighted by Crippen LogP contribution is 2.22. The Kier molecular flexibility index (Phi) is 6.30. The number of nitrogens with two attached hydrogens (primary N) is 1. The molecule has 0 saturated carbocycles. The average molecular weight is 336 g/mol. The molecule has 0 aliphatic rings. The van der Waals surface area contributed by atoms with Crippen LogP contribution in [0.15, 0.2) is 47.6 Å². The molecule has 1 aromatic heterocycles. The number of alkyl halides is 2. The summed E-state index contributed by atoms with van der Waals surface area (Å²) in [4.78, 5) is 8.11. The van der Waals surface area contributed by atoms with Crippen LogP contribution in [0.25, 0.3) is 0 Å². The lowest BCUT2D eigenvalue weighted by Gasteiger charge is -2.11. The van der Waals surface area contributed by atoms with Crippen molar-refractivity contribution >= 4 is 11.6 Å². The summed E-state index contributed by atoms with van der Waals surface area (Å²) in [6.07, 6.45) is -1.11. The van der Waals surface area contributed by atoms with Crippen LogP contribution in [-0.4, -0.2) is 31.1 Å². The number of nitrogens with one attached hydrogen (secondary N) is 1. The van der Waals surface area contributed by atoms with Gasteiger partial charge in [-0.3, -0.25) is 0 Å². The number of hydrogen-bond acceptors (Lipinski definition) is 4. The number of aliphatic imine (C=N–C) groups is 1. The molecule has 0 atom stereocenters. The second-order valence-corrected chi connectivity index (χ2v) is 4.70. The summed E-state index contributed by atoms with van der Waals surface area (Å²) in [5, 5.41) is 2.92. The van der Waals surface area contributed by atoms with Gasteiger partial charge in [0.2, 0.25) is 5.88 Å². The fourth-order valence-electron chi connectivity index (χ4n) is 1.91. The van der Waals surface area contributed by atoms with Gasteiger partial charge in [0.15, 0.2) is 12.6 Å². The number of para-hydroxylation sites is 2. The number of ether oxygens (including phenoxy) is 2. The van der Waals surface area contributed by atoms with Gasteiger partial charge in [-0.15, -0.1) is 0 Å². The van der Waals surface area contributed by atoms with E-state index in [4.69, 9.17) is 15.2 Å². The van der Waals surface area contributed by atoms with E-state index in [0.717, 1.165) is 0 Å². The van der Waals surface area contributed by atoms with E-state index in [1.54, 1.807) is 31.4 Å². The molecule has 0 aliphatic carbocycles. The van der Waals surface area contributed by atoms with E-state index in [0.29, 0.717) is 17.0 Å². The number of benzene rings is 1. The predicted octanol–water partition coefficient (Wildman–Crippen LogP) is 2.66. The molecular formula is C16H18F2N4O2. The van der Waals surface area contributed by atoms with Crippen molar-refractivity contribution in [3.05, 3.63) is 48.2 Å². The topological polar surface area (TPSA) is 81.8 Å². The van der Waals surface area contributed by atoms with Crippen LogP contribution in [0, 0.1) is 0 Å². The first kappa shape index (κ1) is 17.5. The number of pyridine rings is 1. The third-order valence-electron chi connectivity index (χ3n) is 2.99. The zero-order valence-electron chi connectivity index (χ0n) is 13.1. The fourth-order valence-corrected chi connectivity index (χ4v) is 1.91. The maximum absolute atomic E-state index is 12.3. The Morgan fingerprint density at radius 1 is 1.29 bits per heavy atom. The molecule has 1 heterocycles. The lowest BCUT2D eigenvalue weighted by Crippen LogP contribution is -2.23. The highest BCUT2D eigenvalue weighted by molar-refractivity contribution is 5.93. The van der Waals surface area contributed by atoms with Crippen molar-refractivity contribution < 1.29 is 18.3 Å². The van der Waals surface area contributed by atoms with E-state index in [9.17, 15) is 8.78 Å². The monoisotopic (exact) mass is 336 g/mol. The molecule has 1 aromatic carbocycles. The molecule has 0 bridgehead atoms. The van der Waals surface area contributed by atoms with Crippen molar-refractivity contribution in [2.45, 2.75) is 13.0 Å². The second kappa shape index (κ2) is 8.66. The molecule has 3 N–H and O–H groups in total. The smallest absolute Gasteiger partial charge is 0.272 e. The number of halogens is 2. The largest absolute Gasteiger partial charge is 0.495 e. The average Bonchev–Trinajstić information content (AvgIpc) is 2.59. The summed E-state index contributed by atoms with van der Waals surface area (Å²) in [6.45, 7) is -0.580.